The zero-order valence-corrected chi connectivity index (χ0v) is 12.1. The van der Waals surface area contributed by atoms with Gasteiger partial charge in [-0.3, -0.25) is 4.57 Å². The summed E-state index contributed by atoms with van der Waals surface area (Å²) in [5.74, 6) is -0.868. The monoisotopic (exact) mass is 324 g/mol. The minimum atomic E-state index is -1.82. The Bertz CT molecular complexity index is 914. The summed E-state index contributed by atoms with van der Waals surface area (Å²) >= 11 is 0. The molecule has 2 N–H and O–H groups in total. The maximum absolute atomic E-state index is 14.1. The summed E-state index contributed by atoms with van der Waals surface area (Å²) in [6.07, 6.45) is -2.26. The number of hydrogen-bond acceptors (Lipinski definition) is 2. The Morgan fingerprint density at radius 3 is 2.96 bits per heavy atom. The molecule has 1 aliphatic carbocycles. The van der Waals surface area contributed by atoms with Crippen LogP contribution in [-0.2, 0) is 6.54 Å². The third-order valence-corrected chi connectivity index (χ3v) is 4.57. The lowest BCUT2D eigenvalue weighted by Crippen LogP contribution is -2.40. The van der Waals surface area contributed by atoms with Crippen molar-refractivity contribution in [1.82, 2.24) is 19.5 Å². The largest absolute Gasteiger partial charge is 0.346 e. The first-order valence-electron chi connectivity index (χ1n) is 7.51. The van der Waals surface area contributed by atoms with Crippen LogP contribution in [0.3, 0.4) is 0 Å². The number of alkyl halides is 3. The number of H-pyrrole nitrogens is 2. The average Bonchev–Trinajstić information content (AvgIpc) is 3.08. The van der Waals surface area contributed by atoms with Crippen LogP contribution < -0.4 is 5.69 Å². The van der Waals surface area contributed by atoms with Gasteiger partial charge in [0.2, 0.25) is 0 Å². The Morgan fingerprint density at radius 2 is 2.13 bits per heavy atom. The van der Waals surface area contributed by atoms with Crippen molar-refractivity contribution in [2.45, 2.75) is 37.9 Å². The molecule has 23 heavy (non-hydrogen) atoms. The molecule has 0 saturated heterocycles. The van der Waals surface area contributed by atoms with Crippen molar-refractivity contribution in [1.29, 1.82) is 0 Å². The first-order valence-corrected chi connectivity index (χ1v) is 7.51. The first kappa shape index (κ1) is 14.3. The van der Waals surface area contributed by atoms with Gasteiger partial charge in [0.15, 0.2) is 0 Å². The van der Waals surface area contributed by atoms with Crippen LogP contribution in [0.1, 0.15) is 12.8 Å². The third-order valence-electron chi connectivity index (χ3n) is 4.57. The van der Waals surface area contributed by atoms with Gasteiger partial charge < -0.3 is 9.97 Å². The summed E-state index contributed by atoms with van der Waals surface area (Å²) in [6.45, 7) is -0.0644. The summed E-state index contributed by atoms with van der Waals surface area (Å²) in [7, 11) is 0. The molecule has 4 atom stereocenters. The van der Waals surface area contributed by atoms with Gasteiger partial charge >= 0.3 is 5.69 Å². The molecule has 0 aliphatic heterocycles. The first-order chi connectivity index (χ1) is 11.0. The number of fused-ring (bicyclic) bond motifs is 3. The number of hydrogen-bond donors (Lipinski definition) is 2. The van der Waals surface area contributed by atoms with Gasteiger partial charge in [0, 0.05) is 30.5 Å². The molecule has 0 bridgehead atoms. The van der Waals surface area contributed by atoms with Crippen LogP contribution in [0.5, 0.6) is 0 Å². The van der Waals surface area contributed by atoms with Gasteiger partial charge in [-0.2, -0.15) is 0 Å². The van der Waals surface area contributed by atoms with E-state index in [0.717, 1.165) is 0 Å². The molecule has 3 aromatic heterocycles. The van der Waals surface area contributed by atoms with Crippen molar-refractivity contribution in [3.8, 4) is 0 Å². The van der Waals surface area contributed by atoms with Gasteiger partial charge in [-0.1, -0.05) is 0 Å². The standard InChI is InChI=1S/C15H15F3N4O/c16-8-3-7(12(18)10(17)4-8)6-22-13-9-1-2-19-14(9)20-5-11(13)21-15(22)23/h1-2,5,7-8,10,12H,3-4,6H2,(H,19,20)(H,21,23). The topological polar surface area (TPSA) is 66.5 Å². The minimum absolute atomic E-state index is 0.0644. The van der Waals surface area contributed by atoms with Crippen molar-refractivity contribution >= 4 is 22.1 Å². The Morgan fingerprint density at radius 1 is 1.30 bits per heavy atom. The Labute approximate surface area is 128 Å². The molecule has 1 aliphatic rings. The molecule has 3 aromatic rings. The number of imidazole rings is 1. The number of rotatable bonds is 2. The number of nitrogens with zero attached hydrogens (tertiary/aromatic N) is 2. The summed E-state index contributed by atoms with van der Waals surface area (Å²) < 4.78 is 42.6. The SMILES string of the molecule is O=c1[nH]c2cnc3[nH]ccc3c2n1CC1CC(F)CC(F)C1F. The van der Waals surface area contributed by atoms with E-state index >= 15 is 0 Å². The summed E-state index contributed by atoms with van der Waals surface area (Å²) in [4.78, 5) is 22.0. The predicted octanol–water partition coefficient (Wildman–Crippen LogP) is 2.63. The quantitative estimate of drug-likeness (QED) is 0.761. The molecule has 122 valence electrons. The molecule has 4 rings (SSSR count). The van der Waals surface area contributed by atoms with E-state index in [2.05, 4.69) is 15.0 Å². The van der Waals surface area contributed by atoms with Crippen LogP contribution in [0.2, 0.25) is 0 Å². The molecule has 1 saturated carbocycles. The molecule has 0 aromatic carbocycles. The van der Waals surface area contributed by atoms with Crippen molar-refractivity contribution in [2.75, 3.05) is 0 Å². The van der Waals surface area contributed by atoms with Crippen molar-refractivity contribution in [3.05, 3.63) is 28.9 Å². The van der Waals surface area contributed by atoms with Gasteiger partial charge in [0.1, 0.15) is 24.2 Å². The van der Waals surface area contributed by atoms with E-state index in [0.29, 0.717) is 22.1 Å². The maximum Gasteiger partial charge on any atom is 0.326 e. The summed E-state index contributed by atoms with van der Waals surface area (Å²) in [6, 6.07) is 1.76. The smallest absolute Gasteiger partial charge is 0.326 e. The predicted molar refractivity (Wildman–Crippen MR) is 79.6 cm³/mol. The fourth-order valence-corrected chi connectivity index (χ4v) is 3.47. The molecule has 0 radical (unpaired) electrons. The lowest BCUT2D eigenvalue weighted by molar-refractivity contribution is 0.0187. The Kier molecular flexibility index (Phi) is 3.21. The van der Waals surface area contributed by atoms with E-state index in [4.69, 9.17) is 0 Å². The molecule has 1 fully saturated rings. The third kappa shape index (κ3) is 2.24. The van der Waals surface area contributed by atoms with E-state index < -0.39 is 36.5 Å². The van der Waals surface area contributed by atoms with E-state index in [1.807, 2.05) is 0 Å². The van der Waals surface area contributed by atoms with Crippen LogP contribution >= 0.6 is 0 Å². The normalized spacial score (nSPS) is 28.7. The Balaban J connectivity index is 1.81. The van der Waals surface area contributed by atoms with Gasteiger partial charge in [-0.05, 0) is 12.5 Å². The minimum Gasteiger partial charge on any atom is -0.346 e. The molecular formula is C15H15F3N4O. The lowest BCUT2D eigenvalue weighted by atomic mass is 9.85. The second-order valence-corrected chi connectivity index (χ2v) is 6.09. The van der Waals surface area contributed by atoms with E-state index in [9.17, 15) is 18.0 Å². The fraction of sp³-hybridized carbons (Fsp3) is 0.467. The van der Waals surface area contributed by atoms with Crippen LogP contribution in [0, 0.1) is 5.92 Å². The molecule has 4 unspecified atom stereocenters. The summed E-state index contributed by atoms with van der Waals surface area (Å²) in [5, 5.41) is 0.709. The highest BCUT2D eigenvalue weighted by Crippen LogP contribution is 2.33. The van der Waals surface area contributed by atoms with Gasteiger partial charge in [-0.25, -0.2) is 22.9 Å². The lowest BCUT2D eigenvalue weighted by Gasteiger charge is -2.31. The molecule has 8 heteroatoms. The highest BCUT2D eigenvalue weighted by atomic mass is 19.2. The number of aromatic nitrogens is 4. The summed E-state index contributed by atoms with van der Waals surface area (Å²) in [5.41, 5.74) is 1.25. The van der Waals surface area contributed by atoms with Gasteiger partial charge in [0.05, 0.1) is 17.2 Å². The second kappa shape index (κ2) is 5.14. The van der Waals surface area contributed by atoms with Crippen LogP contribution in [0.4, 0.5) is 13.2 Å². The molecule has 5 nitrogen and oxygen atoms in total. The van der Waals surface area contributed by atoms with Crippen LogP contribution in [0.25, 0.3) is 22.1 Å². The van der Waals surface area contributed by atoms with Crippen molar-refractivity contribution in [3.63, 3.8) is 0 Å². The molecule has 0 spiro atoms. The Hall–Kier alpha value is -2.25. The van der Waals surface area contributed by atoms with Crippen LogP contribution in [-0.4, -0.2) is 38.0 Å². The van der Waals surface area contributed by atoms with Gasteiger partial charge in [-0.15, -0.1) is 0 Å². The van der Waals surface area contributed by atoms with E-state index in [1.165, 1.54) is 10.8 Å². The zero-order valence-electron chi connectivity index (χ0n) is 12.1. The average molecular weight is 324 g/mol. The van der Waals surface area contributed by atoms with Crippen molar-refractivity contribution in [2.24, 2.45) is 5.92 Å². The maximum atomic E-state index is 14.1. The highest BCUT2D eigenvalue weighted by Gasteiger charge is 2.39. The van der Waals surface area contributed by atoms with Gasteiger partial charge in [0.25, 0.3) is 0 Å². The van der Waals surface area contributed by atoms with Crippen LogP contribution in [0.15, 0.2) is 23.3 Å². The van der Waals surface area contributed by atoms with E-state index in [-0.39, 0.29) is 13.0 Å². The number of nitrogens with one attached hydrogen (secondary N) is 2. The fourth-order valence-electron chi connectivity index (χ4n) is 3.47. The number of halogens is 3. The molecule has 0 amide bonds. The number of pyridine rings is 1. The highest BCUT2D eigenvalue weighted by molar-refractivity contribution is 6.00. The van der Waals surface area contributed by atoms with E-state index in [1.54, 1.807) is 12.3 Å². The molecule has 3 heterocycles. The zero-order chi connectivity index (χ0) is 16.1. The molecular weight excluding hydrogens is 309 g/mol. The van der Waals surface area contributed by atoms with Crippen molar-refractivity contribution < 1.29 is 13.2 Å². The second-order valence-electron chi connectivity index (χ2n) is 6.09. The number of aromatic amines is 2.